The van der Waals surface area contributed by atoms with Gasteiger partial charge in [-0.15, -0.1) is 6.58 Å². The third-order valence-electron chi connectivity index (χ3n) is 4.93. The van der Waals surface area contributed by atoms with E-state index in [4.69, 9.17) is 0 Å². The molecule has 0 N–H and O–H groups in total. The molecule has 0 amide bonds. The standard InChI is InChI=1S/C23H23N/c1-2-3-4-5-10-15-24-22-14-9-8-13-20(22)21-16-18-11-6-7-12-19(18)17-23(21)24/h2,6-9,11-14,16-17H,1,3-5,10,15H2. The van der Waals surface area contributed by atoms with Crippen molar-refractivity contribution in [2.75, 3.05) is 0 Å². The van der Waals surface area contributed by atoms with Crippen LogP contribution in [0.25, 0.3) is 32.6 Å². The van der Waals surface area contributed by atoms with Crippen molar-refractivity contribution in [1.29, 1.82) is 0 Å². The fourth-order valence-corrected chi connectivity index (χ4v) is 3.71. The normalized spacial score (nSPS) is 11.5. The lowest BCUT2D eigenvalue weighted by Crippen LogP contribution is -1.97. The molecule has 0 saturated carbocycles. The van der Waals surface area contributed by atoms with Gasteiger partial charge in [-0.2, -0.15) is 0 Å². The molecule has 0 radical (unpaired) electrons. The van der Waals surface area contributed by atoms with Crippen LogP contribution in [0.5, 0.6) is 0 Å². The molecule has 0 aliphatic rings. The minimum atomic E-state index is 1.08. The van der Waals surface area contributed by atoms with E-state index in [-0.39, 0.29) is 0 Å². The van der Waals surface area contributed by atoms with E-state index in [9.17, 15) is 0 Å². The Labute approximate surface area is 143 Å². The smallest absolute Gasteiger partial charge is 0.0497 e. The van der Waals surface area contributed by atoms with Gasteiger partial charge in [-0.05, 0) is 48.2 Å². The first-order valence-electron chi connectivity index (χ1n) is 8.89. The number of unbranched alkanes of at least 4 members (excludes halogenated alkanes) is 3. The number of allylic oxidation sites excluding steroid dienone is 1. The monoisotopic (exact) mass is 313 g/mol. The van der Waals surface area contributed by atoms with Crippen molar-refractivity contribution in [3.05, 3.63) is 73.3 Å². The molecule has 3 aromatic carbocycles. The van der Waals surface area contributed by atoms with Gasteiger partial charge in [0.2, 0.25) is 0 Å². The number of hydrogen-bond donors (Lipinski definition) is 0. The average Bonchev–Trinajstić information content (AvgIpc) is 2.93. The largest absolute Gasteiger partial charge is 0.340 e. The van der Waals surface area contributed by atoms with E-state index >= 15 is 0 Å². The Kier molecular flexibility index (Phi) is 4.08. The van der Waals surface area contributed by atoms with E-state index in [0.29, 0.717) is 0 Å². The van der Waals surface area contributed by atoms with Crippen LogP contribution in [0.15, 0.2) is 73.3 Å². The number of rotatable bonds is 6. The summed E-state index contributed by atoms with van der Waals surface area (Å²) in [6.07, 6.45) is 6.86. The van der Waals surface area contributed by atoms with Crippen molar-refractivity contribution >= 4 is 32.6 Å². The summed E-state index contributed by atoms with van der Waals surface area (Å²) in [4.78, 5) is 0. The van der Waals surface area contributed by atoms with Crippen LogP contribution in [0.4, 0.5) is 0 Å². The van der Waals surface area contributed by atoms with Gasteiger partial charge in [0, 0.05) is 28.4 Å². The van der Waals surface area contributed by atoms with Crippen LogP contribution in [0.1, 0.15) is 25.7 Å². The van der Waals surface area contributed by atoms with Gasteiger partial charge in [0.05, 0.1) is 0 Å². The summed E-state index contributed by atoms with van der Waals surface area (Å²) < 4.78 is 2.50. The summed E-state index contributed by atoms with van der Waals surface area (Å²) >= 11 is 0. The van der Waals surface area contributed by atoms with Crippen LogP contribution in [-0.4, -0.2) is 4.57 Å². The minimum Gasteiger partial charge on any atom is -0.340 e. The van der Waals surface area contributed by atoms with E-state index in [1.54, 1.807) is 0 Å². The molecule has 0 atom stereocenters. The Balaban J connectivity index is 1.82. The molecule has 4 aromatic rings. The molecule has 24 heavy (non-hydrogen) atoms. The highest BCUT2D eigenvalue weighted by Gasteiger charge is 2.10. The molecule has 0 fully saturated rings. The second-order valence-electron chi connectivity index (χ2n) is 6.52. The first-order valence-corrected chi connectivity index (χ1v) is 8.89. The molecule has 0 spiro atoms. The molecule has 4 rings (SSSR count). The Morgan fingerprint density at radius 2 is 1.50 bits per heavy atom. The van der Waals surface area contributed by atoms with Gasteiger partial charge in [0.15, 0.2) is 0 Å². The molecule has 0 unspecified atom stereocenters. The molecular formula is C23H23N. The van der Waals surface area contributed by atoms with Crippen molar-refractivity contribution in [2.45, 2.75) is 32.2 Å². The third-order valence-corrected chi connectivity index (χ3v) is 4.93. The molecular weight excluding hydrogens is 290 g/mol. The van der Waals surface area contributed by atoms with Crippen molar-refractivity contribution in [2.24, 2.45) is 0 Å². The molecule has 1 nitrogen and oxygen atoms in total. The maximum Gasteiger partial charge on any atom is 0.0497 e. The highest BCUT2D eigenvalue weighted by Crippen LogP contribution is 2.32. The number of para-hydroxylation sites is 1. The first-order chi connectivity index (χ1) is 11.9. The summed E-state index contributed by atoms with van der Waals surface area (Å²) in [5, 5.41) is 5.37. The van der Waals surface area contributed by atoms with E-state index in [1.165, 1.54) is 51.8 Å². The Morgan fingerprint density at radius 3 is 2.33 bits per heavy atom. The average molecular weight is 313 g/mol. The number of aromatic nitrogens is 1. The van der Waals surface area contributed by atoms with Crippen molar-refractivity contribution in [1.82, 2.24) is 4.57 Å². The number of aryl methyl sites for hydroxylation is 1. The highest BCUT2D eigenvalue weighted by molar-refractivity contribution is 6.12. The lowest BCUT2D eigenvalue weighted by atomic mass is 10.1. The van der Waals surface area contributed by atoms with Gasteiger partial charge in [0.25, 0.3) is 0 Å². The van der Waals surface area contributed by atoms with Crippen LogP contribution >= 0.6 is 0 Å². The number of benzene rings is 3. The molecule has 1 heteroatoms. The lowest BCUT2D eigenvalue weighted by Gasteiger charge is -2.08. The topological polar surface area (TPSA) is 4.93 Å². The lowest BCUT2D eigenvalue weighted by molar-refractivity contribution is 0.613. The zero-order chi connectivity index (χ0) is 16.4. The van der Waals surface area contributed by atoms with Gasteiger partial charge < -0.3 is 4.57 Å². The van der Waals surface area contributed by atoms with Crippen molar-refractivity contribution in [3.8, 4) is 0 Å². The molecule has 0 saturated heterocycles. The molecule has 0 aliphatic heterocycles. The van der Waals surface area contributed by atoms with Crippen LogP contribution in [0.3, 0.4) is 0 Å². The SMILES string of the molecule is C=CCCCCCn1c2ccccc2c2cc3ccccc3cc21. The fraction of sp³-hybridized carbons (Fsp3) is 0.217. The van der Waals surface area contributed by atoms with Gasteiger partial charge in [0.1, 0.15) is 0 Å². The van der Waals surface area contributed by atoms with Crippen LogP contribution in [0.2, 0.25) is 0 Å². The molecule has 120 valence electrons. The van der Waals surface area contributed by atoms with Crippen LogP contribution in [0, 0.1) is 0 Å². The Bertz CT molecular complexity index is 1010. The minimum absolute atomic E-state index is 1.08. The second kappa shape index (κ2) is 6.52. The van der Waals surface area contributed by atoms with Gasteiger partial charge >= 0.3 is 0 Å². The molecule has 0 bridgehead atoms. The van der Waals surface area contributed by atoms with Crippen LogP contribution in [-0.2, 0) is 6.54 Å². The molecule has 0 aliphatic carbocycles. The quantitative estimate of drug-likeness (QED) is 0.276. The summed E-state index contributed by atoms with van der Waals surface area (Å²) in [5.41, 5.74) is 2.71. The number of hydrogen-bond acceptors (Lipinski definition) is 0. The predicted octanol–water partition coefficient (Wildman–Crippen LogP) is 6.69. The van der Waals surface area contributed by atoms with Gasteiger partial charge in [-0.25, -0.2) is 0 Å². The van der Waals surface area contributed by atoms with Gasteiger partial charge in [-0.1, -0.05) is 55.0 Å². The summed E-state index contributed by atoms with van der Waals surface area (Å²) in [6.45, 7) is 4.90. The maximum atomic E-state index is 3.81. The predicted molar refractivity (Wildman–Crippen MR) is 106 cm³/mol. The maximum absolute atomic E-state index is 3.81. The zero-order valence-corrected chi connectivity index (χ0v) is 14.0. The Morgan fingerprint density at radius 1 is 0.750 bits per heavy atom. The van der Waals surface area contributed by atoms with Crippen LogP contribution < -0.4 is 0 Å². The highest BCUT2D eigenvalue weighted by atomic mass is 15.0. The third kappa shape index (κ3) is 2.60. The van der Waals surface area contributed by atoms with Crippen molar-refractivity contribution in [3.63, 3.8) is 0 Å². The van der Waals surface area contributed by atoms with E-state index in [0.717, 1.165) is 13.0 Å². The summed E-state index contributed by atoms with van der Waals surface area (Å²) in [5.74, 6) is 0. The van der Waals surface area contributed by atoms with Gasteiger partial charge in [-0.3, -0.25) is 0 Å². The Hall–Kier alpha value is -2.54. The number of nitrogens with zero attached hydrogens (tertiary/aromatic N) is 1. The molecule has 1 heterocycles. The molecule has 1 aromatic heterocycles. The van der Waals surface area contributed by atoms with E-state index in [2.05, 4.69) is 71.8 Å². The zero-order valence-electron chi connectivity index (χ0n) is 14.0. The van der Waals surface area contributed by atoms with E-state index < -0.39 is 0 Å². The number of fused-ring (bicyclic) bond motifs is 4. The first kappa shape index (κ1) is 15.0. The summed E-state index contributed by atoms with van der Waals surface area (Å²) in [6, 6.07) is 22.2. The van der Waals surface area contributed by atoms with Crippen molar-refractivity contribution < 1.29 is 0 Å². The fourth-order valence-electron chi connectivity index (χ4n) is 3.71. The second-order valence-corrected chi connectivity index (χ2v) is 6.52. The van der Waals surface area contributed by atoms with E-state index in [1.807, 2.05) is 6.08 Å². The summed E-state index contributed by atoms with van der Waals surface area (Å²) in [7, 11) is 0.